The van der Waals surface area contributed by atoms with Crippen molar-refractivity contribution in [3.8, 4) is 5.75 Å². The number of ether oxygens (including phenoxy) is 1. The zero-order valence-electron chi connectivity index (χ0n) is 10.5. The van der Waals surface area contributed by atoms with Gasteiger partial charge in [0.05, 0.1) is 0 Å². The van der Waals surface area contributed by atoms with Gasteiger partial charge in [-0.2, -0.15) is 26.9 Å². The Bertz CT molecular complexity index is 653. The van der Waals surface area contributed by atoms with Crippen LogP contribution in [-0.4, -0.2) is 27.7 Å². The predicted octanol–water partition coefficient (Wildman–Crippen LogP) is 2.68. The number of aromatic amines is 1. The van der Waals surface area contributed by atoms with Crippen molar-refractivity contribution in [1.82, 2.24) is 15.2 Å². The van der Waals surface area contributed by atoms with Crippen molar-refractivity contribution in [2.75, 3.05) is 5.32 Å². The molecule has 11 heteroatoms. The van der Waals surface area contributed by atoms with Crippen molar-refractivity contribution in [2.45, 2.75) is 12.8 Å². The number of anilines is 1. The van der Waals surface area contributed by atoms with Crippen molar-refractivity contribution in [1.29, 1.82) is 0 Å². The van der Waals surface area contributed by atoms with E-state index in [2.05, 4.69) is 14.8 Å². The van der Waals surface area contributed by atoms with E-state index >= 15 is 0 Å². The Morgan fingerprint density at radius 1 is 1.23 bits per heavy atom. The molecule has 1 heterocycles. The molecule has 2 rings (SSSR count). The normalized spacial score (nSPS) is 11.5. The van der Waals surface area contributed by atoms with Crippen molar-refractivity contribution in [2.24, 2.45) is 0 Å². The lowest BCUT2D eigenvalue weighted by Crippen LogP contribution is -2.13. The summed E-state index contributed by atoms with van der Waals surface area (Å²) in [6.07, 6.45) is -4.72. The molecule has 118 valence electrons. The summed E-state index contributed by atoms with van der Waals surface area (Å²) in [7, 11) is 0. The molecule has 0 atom stereocenters. The fourth-order valence-corrected chi connectivity index (χ4v) is 1.41. The van der Waals surface area contributed by atoms with Gasteiger partial charge in [-0.15, -0.1) is 5.10 Å². The second kappa shape index (κ2) is 5.95. The van der Waals surface area contributed by atoms with Gasteiger partial charge in [0.2, 0.25) is 11.8 Å². The fraction of sp³-hybridized carbons (Fsp3) is 0.182. The van der Waals surface area contributed by atoms with Crippen molar-refractivity contribution in [3.05, 3.63) is 35.7 Å². The van der Waals surface area contributed by atoms with E-state index in [1.54, 1.807) is 5.10 Å². The summed E-state index contributed by atoms with van der Waals surface area (Å²) >= 11 is 0. The van der Waals surface area contributed by atoms with Crippen molar-refractivity contribution < 1.29 is 31.5 Å². The summed E-state index contributed by atoms with van der Waals surface area (Å²) in [5.74, 6) is -2.89. The number of H-pyrrole nitrogens is 1. The molecule has 1 amide bonds. The molecule has 0 unspecified atom stereocenters. The van der Waals surface area contributed by atoms with Gasteiger partial charge in [0.15, 0.2) is 0 Å². The summed E-state index contributed by atoms with van der Waals surface area (Å²) in [6, 6.07) is 4.54. The van der Waals surface area contributed by atoms with E-state index < -0.39 is 30.5 Å². The number of carbonyl (C=O) groups is 1. The third kappa shape index (κ3) is 3.90. The molecule has 0 aliphatic carbocycles. The van der Waals surface area contributed by atoms with E-state index in [9.17, 15) is 26.7 Å². The van der Waals surface area contributed by atoms with Gasteiger partial charge in [0.25, 0.3) is 5.91 Å². The van der Waals surface area contributed by atoms with Gasteiger partial charge in [-0.25, -0.2) is 0 Å². The molecule has 0 aliphatic rings. The second-order valence-electron chi connectivity index (χ2n) is 3.86. The monoisotopic (exact) mass is 322 g/mol. The summed E-state index contributed by atoms with van der Waals surface area (Å²) < 4.78 is 64.9. The van der Waals surface area contributed by atoms with Gasteiger partial charge < -0.3 is 4.74 Å². The van der Waals surface area contributed by atoms with Crippen LogP contribution in [0.5, 0.6) is 5.75 Å². The number of hydrogen-bond acceptors (Lipinski definition) is 4. The lowest BCUT2D eigenvalue weighted by molar-refractivity contribution is -0.144. The third-order valence-electron chi connectivity index (χ3n) is 2.32. The average molecular weight is 322 g/mol. The first kappa shape index (κ1) is 15.7. The van der Waals surface area contributed by atoms with E-state index in [0.717, 1.165) is 24.3 Å². The first-order valence-electron chi connectivity index (χ1n) is 5.61. The highest BCUT2D eigenvalue weighted by atomic mass is 19.4. The Labute approximate surface area is 119 Å². The van der Waals surface area contributed by atoms with Crippen LogP contribution in [0.15, 0.2) is 24.3 Å². The van der Waals surface area contributed by atoms with Crippen LogP contribution >= 0.6 is 0 Å². The van der Waals surface area contributed by atoms with Crippen LogP contribution in [0.1, 0.15) is 16.2 Å². The fourth-order valence-electron chi connectivity index (χ4n) is 1.41. The Balaban J connectivity index is 2.04. The Kier molecular flexibility index (Phi) is 4.24. The number of aromatic nitrogens is 3. The number of halogens is 5. The molecular formula is C11H7F5N4O2. The number of hydrogen-bond donors (Lipinski definition) is 2. The van der Waals surface area contributed by atoms with E-state index in [1.165, 1.54) is 0 Å². The maximum absolute atomic E-state index is 12.3. The zero-order chi connectivity index (χ0) is 16.3. The van der Waals surface area contributed by atoms with Crippen LogP contribution < -0.4 is 10.1 Å². The van der Waals surface area contributed by atoms with Gasteiger partial charge in [-0.05, 0) is 24.3 Å². The highest BCUT2D eigenvalue weighted by Crippen LogP contribution is 2.26. The van der Waals surface area contributed by atoms with Crippen LogP contribution in [0.3, 0.4) is 0 Å². The summed E-state index contributed by atoms with van der Waals surface area (Å²) in [5, 5.41) is 6.85. The molecule has 2 aromatic rings. The molecule has 0 radical (unpaired) electrons. The largest absolute Gasteiger partial charge is 0.451 e. The van der Waals surface area contributed by atoms with Gasteiger partial charge >= 0.3 is 12.8 Å². The van der Waals surface area contributed by atoms with E-state index in [1.807, 2.05) is 5.32 Å². The summed E-state index contributed by atoms with van der Waals surface area (Å²) in [4.78, 5) is 14.8. The molecule has 22 heavy (non-hydrogen) atoms. The van der Waals surface area contributed by atoms with Crippen molar-refractivity contribution >= 4 is 11.9 Å². The van der Waals surface area contributed by atoms with Gasteiger partial charge in [0.1, 0.15) is 5.75 Å². The molecule has 0 saturated carbocycles. The highest BCUT2D eigenvalue weighted by Gasteiger charge is 2.35. The molecule has 1 aromatic heterocycles. The minimum atomic E-state index is -4.72. The number of amides is 1. The maximum atomic E-state index is 12.3. The quantitative estimate of drug-likeness (QED) is 0.848. The smallest absolute Gasteiger partial charge is 0.435 e. The first-order chi connectivity index (χ1) is 10.3. The molecule has 0 spiro atoms. The topological polar surface area (TPSA) is 79.9 Å². The van der Waals surface area contributed by atoms with Crippen LogP contribution in [0.2, 0.25) is 0 Å². The van der Waals surface area contributed by atoms with Crippen LogP contribution in [-0.2, 0) is 6.18 Å². The maximum Gasteiger partial charge on any atom is 0.451 e. The number of rotatable bonds is 4. The number of nitrogens with zero attached hydrogens (tertiary/aromatic N) is 2. The minimum Gasteiger partial charge on any atom is -0.435 e. The molecule has 0 aliphatic heterocycles. The van der Waals surface area contributed by atoms with Gasteiger partial charge in [-0.3, -0.25) is 15.2 Å². The number of benzene rings is 1. The lowest BCUT2D eigenvalue weighted by atomic mass is 10.2. The predicted molar refractivity (Wildman–Crippen MR) is 62.4 cm³/mol. The van der Waals surface area contributed by atoms with Gasteiger partial charge in [0, 0.05) is 5.56 Å². The average Bonchev–Trinajstić information content (AvgIpc) is 2.87. The lowest BCUT2D eigenvalue weighted by Gasteiger charge is -2.05. The number of nitrogens with one attached hydrogen (secondary N) is 2. The highest BCUT2D eigenvalue weighted by molar-refractivity contribution is 6.03. The molecule has 1 aromatic carbocycles. The molecule has 6 nitrogen and oxygen atoms in total. The van der Waals surface area contributed by atoms with E-state index in [-0.39, 0.29) is 11.3 Å². The van der Waals surface area contributed by atoms with Gasteiger partial charge in [-0.1, -0.05) is 0 Å². The number of alkyl halides is 5. The first-order valence-corrected chi connectivity index (χ1v) is 5.61. The van der Waals surface area contributed by atoms with Crippen LogP contribution in [0.25, 0.3) is 0 Å². The Hall–Kier alpha value is -2.72. The van der Waals surface area contributed by atoms with E-state index in [4.69, 9.17) is 0 Å². The van der Waals surface area contributed by atoms with E-state index in [0.29, 0.717) is 0 Å². The standard InChI is InChI=1S/C11H7F5N4O2/c12-9(13)22-6-3-1-5(2-4-6)7(21)17-10-18-8(19-20-10)11(14,15)16/h1-4,9H,(H2,17,18,19,20,21). The minimum absolute atomic E-state index is 0.0000231. The molecule has 0 bridgehead atoms. The SMILES string of the molecule is O=C(Nc1n[nH]c(C(F)(F)F)n1)c1ccc(OC(F)F)cc1. The zero-order valence-corrected chi connectivity index (χ0v) is 10.5. The van der Waals surface area contributed by atoms with Crippen LogP contribution in [0, 0.1) is 0 Å². The molecule has 0 fully saturated rings. The molecular weight excluding hydrogens is 315 g/mol. The Morgan fingerprint density at radius 2 is 1.86 bits per heavy atom. The van der Waals surface area contributed by atoms with Crippen LogP contribution in [0.4, 0.5) is 27.9 Å². The molecule has 2 N–H and O–H groups in total. The number of carbonyl (C=O) groups excluding carboxylic acids is 1. The summed E-state index contributed by atoms with van der Waals surface area (Å²) in [6.45, 7) is -3.01. The second-order valence-corrected chi connectivity index (χ2v) is 3.86. The van der Waals surface area contributed by atoms with Crippen molar-refractivity contribution in [3.63, 3.8) is 0 Å². The third-order valence-corrected chi connectivity index (χ3v) is 2.32. The Morgan fingerprint density at radius 3 is 2.36 bits per heavy atom. The summed E-state index contributed by atoms with van der Waals surface area (Å²) in [5.41, 5.74) is -0.0000231. The molecule has 0 saturated heterocycles.